The first-order chi connectivity index (χ1) is 11.6. The molecule has 0 heterocycles. The molecule has 0 radical (unpaired) electrons. The van der Waals surface area contributed by atoms with Gasteiger partial charge in [0.15, 0.2) is 0 Å². The second kappa shape index (κ2) is 10.6. The molecule has 0 bridgehead atoms. The average Bonchev–Trinajstić information content (AvgIpc) is 3.17. The SMILES string of the molecule is CCC1=C(c2[c-]c3c(cc2)-c2ccccc2C3)CC=C1.C[C](C)=[Zr].Cl.Cl. The molecule has 0 aromatic heterocycles. The van der Waals surface area contributed by atoms with Crippen molar-refractivity contribution in [2.75, 3.05) is 0 Å². The topological polar surface area (TPSA) is 0 Å². The molecule has 0 aliphatic heterocycles. The van der Waals surface area contributed by atoms with Crippen LogP contribution in [0, 0.1) is 6.07 Å². The third-order valence-corrected chi connectivity index (χ3v) is 4.44. The van der Waals surface area contributed by atoms with Crippen LogP contribution in [0.5, 0.6) is 0 Å². The van der Waals surface area contributed by atoms with E-state index in [-0.39, 0.29) is 24.8 Å². The minimum atomic E-state index is 0. The fraction of sp³-hybridized carbons (Fsp3) is 0.261. The molecule has 0 atom stereocenters. The maximum absolute atomic E-state index is 3.68. The van der Waals surface area contributed by atoms with Crippen LogP contribution < -0.4 is 0 Å². The summed E-state index contributed by atoms with van der Waals surface area (Å²) in [6, 6.07) is 16.9. The van der Waals surface area contributed by atoms with E-state index >= 15 is 0 Å². The number of halogens is 2. The summed E-state index contributed by atoms with van der Waals surface area (Å²) in [5, 5.41) is 0. The summed E-state index contributed by atoms with van der Waals surface area (Å²) in [6.45, 7) is 6.48. The first-order valence-corrected chi connectivity index (χ1v) is 9.87. The maximum Gasteiger partial charge on any atom is -0.147 e. The van der Waals surface area contributed by atoms with Gasteiger partial charge in [-0.1, -0.05) is 60.0 Å². The van der Waals surface area contributed by atoms with Crippen LogP contribution in [-0.4, -0.2) is 3.21 Å². The van der Waals surface area contributed by atoms with E-state index in [1.165, 1.54) is 42.2 Å². The second-order valence-corrected chi connectivity index (χ2v) is 9.02. The van der Waals surface area contributed by atoms with Gasteiger partial charge in [0, 0.05) is 0 Å². The molecule has 2 aliphatic carbocycles. The monoisotopic (exact) mass is 461 g/mol. The Hall–Kier alpha value is -0.747. The largest absolute Gasteiger partial charge is 0.147 e. The molecule has 0 nitrogen and oxygen atoms in total. The minimum absolute atomic E-state index is 0. The predicted molar refractivity (Wildman–Crippen MR) is 115 cm³/mol. The van der Waals surface area contributed by atoms with Gasteiger partial charge in [0.1, 0.15) is 0 Å². The smallest absolute Gasteiger partial charge is 0.147 e. The van der Waals surface area contributed by atoms with E-state index in [1.54, 1.807) is 24.2 Å². The molecule has 0 saturated heterocycles. The first kappa shape index (κ1) is 23.3. The van der Waals surface area contributed by atoms with E-state index < -0.39 is 0 Å². The molecule has 0 spiro atoms. The molecular formula is C23H25Cl2Zr-. The number of allylic oxidation sites excluding steroid dienone is 4. The molecule has 0 saturated carbocycles. The number of hydrogen-bond acceptors (Lipinski definition) is 0. The van der Waals surface area contributed by atoms with Gasteiger partial charge in [0.2, 0.25) is 0 Å². The Kier molecular flexibility index (Phi) is 9.45. The van der Waals surface area contributed by atoms with Gasteiger partial charge in [0.25, 0.3) is 0 Å². The molecular weight excluding hydrogens is 438 g/mol. The molecule has 0 fully saturated rings. The van der Waals surface area contributed by atoms with Crippen molar-refractivity contribution in [3.05, 3.63) is 76.9 Å². The summed E-state index contributed by atoms with van der Waals surface area (Å²) in [4.78, 5) is 0. The molecule has 0 N–H and O–H groups in total. The fourth-order valence-electron chi connectivity index (χ4n) is 3.40. The Morgan fingerprint density at radius 3 is 2.42 bits per heavy atom. The normalized spacial score (nSPS) is 13.0. The molecule has 3 heteroatoms. The van der Waals surface area contributed by atoms with Gasteiger partial charge in [-0.3, -0.25) is 0 Å². The zero-order chi connectivity index (χ0) is 17.1. The van der Waals surface area contributed by atoms with Gasteiger partial charge in [-0.25, -0.2) is 0 Å². The summed E-state index contributed by atoms with van der Waals surface area (Å²) >= 11 is 1.55. The third kappa shape index (κ3) is 5.16. The van der Waals surface area contributed by atoms with Crippen molar-refractivity contribution in [3.63, 3.8) is 0 Å². The molecule has 4 rings (SSSR count). The van der Waals surface area contributed by atoms with Crippen molar-refractivity contribution < 1.29 is 24.2 Å². The van der Waals surface area contributed by atoms with Crippen molar-refractivity contribution in [2.45, 2.75) is 40.0 Å². The Balaban J connectivity index is 0.000000516. The molecule has 0 amide bonds. The van der Waals surface area contributed by atoms with Crippen molar-refractivity contribution >= 4 is 33.6 Å². The van der Waals surface area contributed by atoms with Gasteiger partial charge in [0.05, 0.1) is 0 Å². The Morgan fingerprint density at radius 1 is 1.04 bits per heavy atom. The van der Waals surface area contributed by atoms with Gasteiger partial charge in [-0.15, -0.1) is 59.7 Å². The zero-order valence-electron chi connectivity index (χ0n) is 15.6. The van der Waals surface area contributed by atoms with Gasteiger partial charge in [-0.05, 0) is 24.8 Å². The third-order valence-electron chi connectivity index (χ3n) is 4.44. The maximum atomic E-state index is 3.68. The molecule has 26 heavy (non-hydrogen) atoms. The minimum Gasteiger partial charge on any atom is -0.147 e. The van der Waals surface area contributed by atoms with Crippen LogP contribution in [0.15, 0.2) is 54.1 Å². The zero-order valence-corrected chi connectivity index (χ0v) is 19.6. The number of fused-ring (bicyclic) bond motifs is 3. The van der Waals surface area contributed by atoms with Crippen LogP contribution in [0.25, 0.3) is 16.7 Å². The quantitative estimate of drug-likeness (QED) is 0.368. The van der Waals surface area contributed by atoms with Gasteiger partial charge >= 0.3 is 41.3 Å². The van der Waals surface area contributed by atoms with Gasteiger partial charge < -0.3 is 0 Å². The Morgan fingerprint density at radius 2 is 1.73 bits per heavy atom. The summed E-state index contributed by atoms with van der Waals surface area (Å²) in [5.74, 6) is 0. The average molecular weight is 464 g/mol. The van der Waals surface area contributed by atoms with Crippen molar-refractivity contribution in [2.24, 2.45) is 0 Å². The number of benzene rings is 2. The molecule has 2 aliphatic rings. The van der Waals surface area contributed by atoms with Crippen LogP contribution >= 0.6 is 24.8 Å². The fourth-order valence-corrected chi connectivity index (χ4v) is 3.40. The van der Waals surface area contributed by atoms with Crippen LogP contribution in [0.3, 0.4) is 0 Å². The molecule has 0 unspecified atom stereocenters. The van der Waals surface area contributed by atoms with Gasteiger partial charge in [-0.2, -0.15) is 0 Å². The van der Waals surface area contributed by atoms with E-state index in [9.17, 15) is 0 Å². The Bertz CT molecular complexity index is 843. The number of rotatable bonds is 2. The summed E-state index contributed by atoms with van der Waals surface area (Å²) in [6.07, 6.45) is 7.74. The molecule has 2 aromatic carbocycles. The van der Waals surface area contributed by atoms with Crippen molar-refractivity contribution in [1.82, 2.24) is 0 Å². The first-order valence-electron chi connectivity index (χ1n) is 8.64. The van der Waals surface area contributed by atoms with Crippen LogP contribution in [0.1, 0.15) is 50.3 Å². The molecule has 2 aromatic rings. The van der Waals surface area contributed by atoms with Crippen LogP contribution in [-0.2, 0) is 30.7 Å². The van der Waals surface area contributed by atoms with Crippen LogP contribution in [0.2, 0.25) is 0 Å². The number of hydrogen-bond donors (Lipinski definition) is 0. The van der Waals surface area contributed by atoms with E-state index in [1.807, 2.05) is 0 Å². The van der Waals surface area contributed by atoms with Crippen molar-refractivity contribution in [3.8, 4) is 11.1 Å². The molecule has 136 valence electrons. The summed E-state index contributed by atoms with van der Waals surface area (Å²) < 4.78 is 1.51. The van der Waals surface area contributed by atoms with E-state index in [0.717, 1.165) is 19.3 Å². The van der Waals surface area contributed by atoms with E-state index in [4.69, 9.17) is 0 Å². The summed E-state index contributed by atoms with van der Waals surface area (Å²) in [7, 11) is 0. The second-order valence-electron chi connectivity index (χ2n) is 6.56. The van der Waals surface area contributed by atoms with E-state index in [2.05, 4.69) is 75.4 Å². The van der Waals surface area contributed by atoms with E-state index in [0.29, 0.717) is 0 Å². The Labute approximate surface area is 184 Å². The summed E-state index contributed by atoms with van der Waals surface area (Å²) in [5.41, 5.74) is 9.78. The van der Waals surface area contributed by atoms with Crippen LogP contribution in [0.4, 0.5) is 0 Å². The van der Waals surface area contributed by atoms with Crippen molar-refractivity contribution in [1.29, 1.82) is 0 Å². The predicted octanol–water partition coefficient (Wildman–Crippen LogP) is 6.77. The standard InChI is InChI=1S/C20H17.C3H6.2ClH.Zr/c1-2-14-7-5-9-18(14)16-10-11-20-17(13-16)12-15-6-3-4-8-19(15)20;1-3-2;;;/h3-8,10-11H,2,9,12H2,1H3;1-2H3;2*1H;/q-1;;;;.